The Morgan fingerprint density at radius 1 is 1.33 bits per heavy atom. The van der Waals surface area contributed by atoms with E-state index in [1.807, 2.05) is 25.1 Å². The standard InChI is InChI=1S/C13H10BrClN2O/c1-8-2-3-10(7-11(8)14)17-13(18)12-6-9(15)4-5-16-12/h2-7H,1H3,(H,17,18). The highest BCUT2D eigenvalue weighted by atomic mass is 79.9. The van der Waals surface area contributed by atoms with Crippen LogP contribution in [0.1, 0.15) is 16.1 Å². The van der Waals surface area contributed by atoms with Crippen LogP contribution in [0.4, 0.5) is 5.69 Å². The van der Waals surface area contributed by atoms with Gasteiger partial charge < -0.3 is 5.32 Å². The number of aryl methyl sites for hydroxylation is 1. The summed E-state index contributed by atoms with van der Waals surface area (Å²) in [6, 6.07) is 8.76. The lowest BCUT2D eigenvalue weighted by atomic mass is 10.2. The molecule has 3 nitrogen and oxygen atoms in total. The fourth-order valence-electron chi connectivity index (χ4n) is 1.39. The molecule has 1 heterocycles. The second-order valence-electron chi connectivity index (χ2n) is 3.78. The Kier molecular flexibility index (Phi) is 3.99. The molecule has 2 aromatic rings. The van der Waals surface area contributed by atoms with Crippen LogP contribution >= 0.6 is 27.5 Å². The Morgan fingerprint density at radius 3 is 2.78 bits per heavy atom. The molecule has 1 aromatic heterocycles. The monoisotopic (exact) mass is 324 g/mol. The van der Waals surface area contributed by atoms with Crippen LogP contribution in [0.25, 0.3) is 0 Å². The molecule has 0 radical (unpaired) electrons. The Balaban J connectivity index is 2.18. The van der Waals surface area contributed by atoms with Gasteiger partial charge in [0.1, 0.15) is 5.69 Å². The Labute approximate surface area is 118 Å². The van der Waals surface area contributed by atoms with E-state index in [9.17, 15) is 4.79 Å². The van der Waals surface area contributed by atoms with Crippen LogP contribution in [-0.4, -0.2) is 10.9 Å². The lowest BCUT2D eigenvalue weighted by Gasteiger charge is -2.06. The number of rotatable bonds is 2. The zero-order chi connectivity index (χ0) is 13.1. The van der Waals surface area contributed by atoms with E-state index in [4.69, 9.17) is 11.6 Å². The highest BCUT2D eigenvalue weighted by Gasteiger charge is 2.08. The molecule has 0 fully saturated rings. The zero-order valence-electron chi connectivity index (χ0n) is 9.58. The first-order valence-electron chi connectivity index (χ1n) is 5.25. The summed E-state index contributed by atoms with van der Waals surface area (Å²) in [5.74, 6) is -0.284. The van der Waals surface area contributed by atoms with E-state index >= 15 is 0 Å². The Bertz CT molecular complexity index is 601. The van der Waals surface area contributed by atoms with Gasteiger partial charge in [0.15, 0.2) is 0 Å². The van der Waals surface area contributed by atoms with Crippen molar-refractivity contribution in [2.24, 2.45) is 0 Å². The van der Waals surface area contributed by atoms with E-state index in [-0.39, 0.29) is 5.91 Å². The van der Waals surface area contributed by atoms with Gasteiger partial charge in [0.05, 0.1) is 0 Å². The third kappa shape index (κ3) is 3.09. The minimum atomic E-state index is -0.284. The summed E-state index contributed by atoms with van der Waals surface area (Å²) in [6.07, 6.45) is 1.50. The average molecular weight is 326 g/mol. The molecule has 1 amide bonds. The first-order valence-corrected chi connectivity index (χ1v) is 6.42. The lowest BCUT2D eigenvalue weighted by molar-refractivity contribution is 0.102. The summed E-state index contributed by atoms with van der Waals surface area (Å²) in [5, 5.41) is 3.25. The number of aromatic nitrogens is 1. The van der Waals surface area contributed by atoms with Crippen LogP contribution in [0.15, 0.2) is 41.0 Å². The van der Waals surface area contributed by atoms with Crippen LogP contribution in [0, 0.1) is 6.92 Å². The highest BCUT2D eigenvalue weighted by molar-refractivity contribution is 9.10. The molecule has 0 aliphatic carbocycles. The van der Waals surface area contributed by atoms with Gasteiger partial charge in [-0.3, -0.25) is 9.78 Å². The molecule has 92 valence electrons. The summed E-state index contributed by atoms with van der Waals surface area (Å²) in [4.78, 5) is 15.9. The number of carbonyl (C=O) groups excluding carboxylic acids is 1. The lowest BCUT2D eigenvalue weighted by Crippen LogP contribution is -2.13. The number of anilines is 1. The summed E-state index contributed by atoms with van der Waals surface area (Å²) in [6.45, 7) is 1.98. The number of amides is 1. The van der Waals surface area contributed by atoms with Crippen molar-refractivity contribution < 1.29 is 4.79 Å². The third-order valence-corrected chi connectivity index (χ3v) is 3.47. The quantitative estimate of drug-likeness (QED) is 0.905. The predicted octanol–water partition coefficient (Wildman–Crippen LogP) is 4.06. The van der Waals surface area contributed by atoms with Crippen LogP contribution in [0.3, 0.4) is 0 Å². The van der Waals surface area contributed by atoms with Gasteiger partial charge in [-0.1, -0.05) is 33.6 Å². The van der Waals surface area contributed by atoms with Gasteiger partial charge in [0, 0.05) is 21.4 Å². The normalized spacial score (nSPS) is 10.2. The van der Waals surface area contributed by atoms with Gasteiger partial charge in [-0.25, -0.2) is 0 Å². The van der Waals surface area contributed by atoms with Crippen LogP contribution in [0.5, 0.6) is 0 Å². The van der Waals surface area contributed by atoms with Crippen LogP contribution in [0.2, 0.25) is 5.02 Å². The number of benzene rings is 1. The minimum Gasteiger partial charge on any atom is -0.321 e. The van der Waals surface area contributed by atoms with Crippen molar-refractivity contribution in [3.8, 4) is 0 Å². The number of halogens is 2. The first kappa shape index (κ1) is 13.1. The van der Waals surface area contributed by atoms with Crippen molar-refractivity contribution >= 4 is 39.1 Å². The number of hydrogen-bond acceptors (Lipinski definition) is 2. The molecule has 0 spiro atoms. The fourth-order valence-corrected chi connectivity index (χ4v) is 1.93. The van der Waals surface area contributed by atoms with Crippen molar-refractivity contribution in [3.05, 3.63) is 57.3 Å². The van der Waals surface area contributed by atoms with E-state index < -0.39 is 0 Å². The SMILES string of the molecule is Cc1ccc(NC(=O)c2cc(Cl)ccn2)cc1Br. The second-order valence-corrected chi connectivity index (χ2v) is 5.07. The Hall–Kier alpha value is -1.39. The summed E-state index contributed by atoms with van der Waals surface area (Å²) in [5.41, 5.74) is 2.10. The molecule has 0 aliphatic heterocycles. The minimum absolute atomic E-state index is 0.284. The van der Waals surface area contributed by atoms with Crippen molar-refractivity contribution in [2.75, 3.05) is 5.32 Å². The van der Waals surface area contributed by atoms with E-state index in [1.165, 1.54) is 12.3 Å². The van der Waals surface area contributed by atoms with Gasteiger partial charge in [-0.05, 0) is 36.8 Å². The Morgan fingerprint density at radius 2 is 2.11 bits per heavy atom. The maximum Gasteiger partial charge on any atom is 0.274 e. The zero-order valence-corrected chi connectivity index (χ0v) is 11.9. The molecule has 0 aliphatic rings. The number of carbonyl (C=O) groups is 1. The van der Waals surface area contributed by atoms with Gasteiger partial charge in [0.2, 0.25) is 0 Å². The summed E-state index contributed by atoms with van der Waals surface area (Å²) in [7, 11) is 0. The maximum atomic E-state index is 11.9. The second kappa shape index (κ2) is 5.50. The van der Waals surface area contributed by atoms with E-state index in [1.54, 1.807) is 6.07 Å². The molecular formula is C13H10BrClN2O. The van der Waals surface area contributed by atoms with Gasteiger partial charge in [0.25, 0.3) is 5.91 Å². The highest BCUT2D eigenvalue weighted by Crippen LogP contribution is 2.21. The summed E-state index contributed by atoms with van der Waals surface area (Å²) < 4.78 is 0.944. The molecule has 1 aromatic carbocycles. The number of pyridine rings is 1. The molecule has 5 heteroatoms. The molecule has 0 saturated carbocycles. The van der Waals surface area contributed by atoms with Crippen molar-refractivity contribution in [2.45, 2.75) is 6.92 Å². The summed E-state index contributed by atoms with van der Waals surface area (Å²) >= 11 is 9.23. The molecule has 0 unspecified atom stereocenters. The smallest absolute Gasteiger partial charge is 0.274 e. The molecule has 2 rings (SSSR count). The van der Waals surface area contributed by atoms with Crippen LogP contribution < -0.4 is 5.32 Å². The van der Waals surface area contributed by atoms with Crippen LogP contribution in [-0.2, 0) is 0 Å². The van der Waals surface area contributed by atoms with Gasteiger partial charge >= 0.3 is 0 Å². The molecule has 1 N–H and O–H groups in total. The van der Waals surface area contributed by atoms with Gasteiger partial charge in [-0.2, -0.15) is 0 Å². The molecular weight excluding hydrogens is 316 g/mol. The largest absolute Gasteiger partial charge is 0.321 e. The van der Waals surface area contributed by atoms with Crippen molar-refractivity contribution in [1.82, 2.24) is 4.98 Å². The van der Waals surface area contributed by atoms with Crippen molar-refractivity contribution in [3.63, 3.8) is 0 Å². The van der Waals surface area contributed by atoms with Crippen molar-refractivity contribution in [1.29, 1.82) is 0 Å². The maximum absolute atomic E-state index is 11.9. The number of hydrogen-bond donors (Lipinski definition) is 1. The van der Waals surface area contributed by atoms with E-state index in [0.29, 0.717) is 16.4 Å². The topological polar surface area (TPSA) is 42.0 Å². The molecule has 0 saturated heterocycles. The molecule has 18 heavy (non-hydrogen) atoms. The fraction of sp³-hybridized carbons (Fsp3) is 0.0769. The average Bonchev–Trinajstić information content (AvgIpc) is 2.34. The first-order chi connectivity index (χ1) is 8.56. The predicted molar refractivity (Wildman–Crippen MR) is 76.1 cm³/mol. The van der Waals surface area contributed by atoms with E-state index in [0.717, 1.165) is 10.0 Å². The third-order valence-electron chi connectivity index (χ3n) is 2.38. The van der Waals surface area contributed by atoms with Gasteiger partial charge in [-0.15, -0.1) is 0 Å². The van der Waals surface area contributed by atoms with E-state index in [2.05, 4.69) is 26.2 Å². The molecule has 0 atom stereocenters. The molecule has 0 bridgehead atoms. The number of nitrogens with zero attached hydrogens (tertiary/aromatic N) is 1. The number of nitrogens with one attached hydrogen (secondary N) is 1.